The van der Waals surface area contributed by atoms with E-state index in [0.717, 1.165) is 34.3 Å². The average Bonchev–Trinajstić information content (AvgIpc) is 3.15. The molecule has 3 heterocycles. The summed E-state index contributed by atoms with van der Waals surface area (Å²) in [5.74, 6) is -0.832. The zero-order valence-corrected chi connectivity index (χ0v) is 16.8. The number of thiophene rings is 1. The van der Waals surface area contributed by atoms with Gasteiger partial charge in [0.1, 0.15) is 9.71 Å². The number of hydrogen-bond acceptors (Lipinski definition) is 6. The van der Waals surface area contributed by atoms with Crippen LogP contribution < -0.4 is 10.6 Å². The van der Waals surface area contributed by atoms with Crippen LogP contribution >= 0.6 is 11.3 Å². The fraction of sp³-hybridized carbons (Fsp3) is 0.286. The molecular formula is C21H21N3O3S. The monoisotopic (exact) mass is 395 g/mol. The Morgan fingerprint density at radius 2 is 2.07 bits per heavy atom. The van der Waals surface area contributed by atoms with Gasteiger partial charge in [-0.1, -0.05) is 18.2 Å². The number of esters is 1. The molecule has 0 saturated heterocycles. The lowest BCUT2D eigenvalue weighted by Gasteiger charge is -2.22. The number of carbonyl (C=O) groups excluding carboxylic acids is 2. The number of para-hydroxylation sites is 1. The Bertz CT molecular complexity index is 1110. The number of carbonyl (C=O) groups is 2. The Labute approximate surface area is 166 Å². The number of hydrogen-bond donors (Lipinski definition) is 1. The summed E-state index contributed by atoms with van der Waals surface area (Å²) < 4.78 is 5.32. The van der Waals surface area contributed by atoms with Gasteiger partial charge in [-0.15, -0.1) is 11.3 Å². The van der Waals surface area contributed by atoms with E-state index in [2.05, 4.69) is 4.98 Å². The van der Waals surface area contributed by atoms with Crippen LogP contribution in [0.3, 0.4) is 0 Å². The lowest BCUT2D eigenvalue weighted by molar-refractivity contribution is -0.122. The quantitative estimate of drug-likeness (QED) is 0.685. The van der Waals surface area contributed by atoms with Gasteiger partial charge in [-0.05, 0) is 50.5 Å². The van der Waals surface area contributed by atoms with Crippen LogP contribution in [-0.4, -0.2) is 29.5 Å². The molecule has 0 saturated carbocycles. The maximum atomic E-state index is 12.7. The molecule has 1 amide bonds. The van der Waals surface area contributed by atoms with Crippen LogP contribution in [0.5, 0.6) is 0 Å². The van der Waals surface area contributed by atoms with E-state index >= 15 is 0 Å². The smallest absolute Gasteiger partial charge is 0.351 e. The number of amides is 1. The summed E-state index contributed by atoms with van der Waals surface area (Å²) in [5.41, 5.74) is 10.4. The molecule has 28 heavy (non-hydrogen) atoms. The van der Waals surface area contributed by atoms with E-state index in [9.17, 15) is 9.59 Å². The van der Waals surface area contributed by atoms with E-state index in [1.165, 1.54) is 11.3 Å². The minimum absolute atomic E-state index is 0.0350. The van der Waals surface area contributed by atoms with Crippen molar-refractivity contribution in [2.24, 2.45) is 0 Å². The van der Waals surface area contributed by atoms with Gasteiger partial charge in [0, 0.05) is 22.8 Å². The molecule has 2 aromatic heterocycles. The number of benzene rings is 1. The second kappa shape index (κ2) is 6.91. The first-order valence-electron chi connectivity index (χ1n) is 9.10. The van der Waals surface area contributed by atoms with Gasteiger partial charge in [0.05, 0.1) is 5.69 Å². The van der Waals surface area contributed by atoms with Crippen molar-refractivity contribution >= 4 is 44.8 Å². The Morgan fingerprint density at radius 1 is 1.32 bits per heavy atom. The third-order valence-corrected chi connectivity index (χ3v) is 6.09. The highest BCUT2D eigenvalue weighted by molar-refractivity contribution is 7.21. The first kappa shape index (κ1) is 18.4. The van der Waals surface area contributed by atoms with Gasteiger partial charge in [0.25, 0.3) is 5.91 Å². The third-order valence-electron chi connectivity index (χ3n) is 5.01. The van der Waals surface area contributed by atoms with Crippen molar-refractivity contribution in [3.63, 3.8) is 0 Å². The van der Waals surface area contributed by atoms with Crippen LogP contribution in [0.25, 0.3) is 10.2 Å². The van der Waals surface area contributed by atoms with E-state index in [1.807, 2.05) is 51.1 Å². The van der Waals surface area contributed by atoms with E-state index in [4.69, 9.17) is 10.5 Å². The van der Waals surface area contributed by atoms with Gasteiger partial charge in [0.15, 0.2) is 6.61 Å². The van der Waals surface area contributed by atoms with Crippen molar-refractivity contribution < 1.29 is 14.3 Å². The van der Waals surface area contributed by atoms with Crippen LogP contribution in [0.4, 0.5) is 11.4 Å². The fourth-order valence-electron chi connectivity index (χ4n) is 3.83. The average molecular weight is 395 g/mol. The van der Waals surface area contributed by atoms with Crippen LogP contribution in [-0.2, 0) is 16.0 Å². The molecule has 4 rings (SSSR count). The molecule has 0 bridgehead atoms. The Kier molecular flexibility index (Phi) is 4.55. The molecule has 0 radical (unpaired) electrons. The van der Waals surface area contributed by atoms with Gasteiger partial charge in [-0.25, -0.2) is 9.78 Å². The minimum atomic E-state index is -0.592. The van der Waals surface area contributed by atoms with E-state index in [1.54, 1.807) is 4.90 Å². The molecule has 6 nitrogen and oxygen atoms in total. The lowest BCUT2D eigenvalue weighted by atomic mass is 10.1. The molecule has 0 fully saturated rings. The molecule has 0 unspecified atom stereocenters. The number of nitrogens with two attached hydrogens (primary N) is 1. The number of ether oxygens (including phenoxy) is 1. The lowest BCUT2D eigenvalue weighted by Crippen LogP contribution is -2.38. The molecule has 1 aliphatic heterocycles. The van der Waals surface area contributed by atoms with Crippen molar-refractivity contribution in [3.05, 3.63) is 52.0 Å². The number of nitrogens with zero attached hydrogens (tertiary/aromatic N) is 2. The van der Waals surface area contributed by atoms with Gasteiger partial charge in [-0.3, -0.25) is 4.79 Å². The Balaban J connectivity index is 1.52. The number of aryl methyl sites for hydroxylation is 2. The van der Waals surface area contributed by atoms with Crippen molar-refractivity contribution in [2.45, 2.75) is 33.2 Å². The first-order valence-corrected chi connectivity index (χ1v) is 9.91. The summed E-state index contributed by atoms with van der Waals surface area (Å²) in [4.78, 5) is 32.5. The molecule has 3 aromatic rings. The number of aromatic nitrogens is 1. The number of anilines is 2. The molecule has 1 aromatic carbocycles. The molecule has 2 N–H and O–H groups in total. The third kappa shape index (κ3) is 3.01. The summed E-state index contributed by atoms with van der Waals surface area (Å²) in [6, 6.07) is 9.75. The summed E-state index contributed by atoms with van der Waals surface area (Å²) in [7, 11) is 0. The molecular weight excluding hydrogens is 374 g/mol. The SMILES string of the molecule is Cc1cc(C)c2c(N)c(C(=O)OCC(=O)N3c4ccccc4C[C@@H]3C)sc2n1. The van der Waals surface area contributed by atoms with Crippen LogP contribution in [0.1, 0.15) is 33.4 Å². The van der Waals surface area contributed by atoms with Crippen molar-refractivity contribution in [1.29, 1.82) is 0 Å². The zero-order valence-electron chi connectivity index (χ0n) is 16.0. The molecule has 7 heteroatoms. The van der Waals surface area contributed by atoms with Crippen molar-refractivity contribution in [2.75, 3.05) is 17.2 Å². The summed E-state index contributed by atoms with van der Waals surface area (Å²) in [5, 5.41) is 0.774. The van der Waals surface area contributed by atoms with E-state index in [0.29, 0.717) is 15.4 Å². The number of rotatable bonds is 3. The molecule has 144 valence electrons. The summed E-state index contributed by atoms with van der Waals surface area (Å²) in [6.45, 7) is 5.50. The minimum Gasteiger partial charge on any atom is -0.451 e. The second-order valence-electron chi connectivity index (χ2n) is 7.13. The summed E-state index contributed by atoms with van der Waals surface area (Å²) in [6.07, 6.45) is 0.795. The topological polar surface area (TPSA) is 85.5 Å². The molecule has 0 spiro atoms. The summed E-state index contributed by atoms with van der Waals surface area (Å²) >= 11 is 1.20. The van der Waals surface area contributed by atoms with Gasteiger partial charge in [0.2, 0.25) is 0 Å². The van der Waals surface area contributed by atoms with Gasteiger partial charge >= 0.3 is 5.97 Å². The highest BCUT2D eigenvalue weighted by Crippen LogP contribution is 2.36. The number of nitrogen functional groups attached to an aromatic ring is 1. The predicted molar refractivity (Wildman–Crippen MR) is 111 cm³/mol. The standard InChI is InChI=1S/C21H21N3O3S/c1-11-8-12(2)23-20-17(11)18(22)19(28-20)21(26)27-10-16(25)24-13(3)9-14-6-4-5-7-15(14)24/h4-8,13H,9-10,22H2,1-3H3/t13-/m0/s1. The van der Waals surface area contributed by atoms with Gasteiger partial charge < -0.3 is 15.4 Å². The first-order chi connectivity index (χ1) is 13.4. The fourth-order valence-corrected chi connectivity index (χ4v) is 4.94. The highest BCUT2D eigenvalue weighted by Gasteiger charge is 2.31. The second-order valence-corrected chi connectivity index (χ2v) is 8.13. The molecule has 1 aliphatic rings. The Morgan fingerprint density at radius 3 is 2.86 bits per heavy atom. The van der Waals surface area contributed by atoms with E-state index < -0.39 is 5.97 Å². The largest absolute Gasteiger partial charge is 0.451 e. The maximum Gasteiger partial charge on any atom is 0.351 e. The Hall–Kier alpha value is -2.93. The van der Waals surface area contributed by atoms with Gasteiger partial charge in [-0.2, -0.15) is 0 Å². The maximum absolute atomic E-state index is 12.7. The van der Waals surface area contributed by atoms with Crippen LogP contribution in [0.15, 0.2) is 30.3 Å². The van der Waals surface area contributed by atoms with Crippen molar-refractivity contribution in [3.8, 4) is 0 Å². The van der Waals surface area contributed by atoms with Crippen LogP contribution in [0.2, 0.25) is 0 Å². The predicted octanol–water partition coefficient (Wildman–Crippen LogP) is 3.63. The van der Waals surface area contributed by atoms with E-state index in [-0.39, 0.29) is 18.6 Å². The number of pyridine rings is 1. The molecule has 1 atom stereocenters. The highest BCUT2D eigenvalue weighted by atomic mass is 32.1. The number of fused-ring (bicyclic) bond motifs is 2. The molecule has 0 aliphatic carbocycles. The zero-order chi connectivity index (χ0) is 20.0. The normalized spacial score (nSPS) is 15.7. The van der Waals surface area contributed by atoms with Crippen LogP contribution in [0, 0.1) is 13.8 Å². The van der Waals surface area contributed by atoms with Crippen molar-refractivity contribution in [1.82, 2.24) is 4.98 Å².